The van der Waals surface area contributed by atoms with E-state index >= 15 is 0 Å². The maximum absolute atomic E-state index is 5.64. The van der Waals surface area contributed by atoms with Crippen LogP contribution < -0.4 is 25.8 Å². The highest BCUT2D eigenvalue weighted by molar-refractivity contribution is 5.37. The van der Waals surface area contributed by atoms with Crippen LogP contribution in [0.25, 0.3) is 0 Å². The molecule has 0 atom stereocenters. The summed E-state index contributed by atoms with van der Waals surface area (Å²) in [4.78, 5) is 13.0. The lowest BCUT2D eigenvalue weighted by Crippen LogP contribution is -2.17. The van der Waals surface area contributed by atoms with Crippen LogP contribution in [-0.4, -0.2) is 67.7 Å². The maximum Gasteiger partial charge on any atom is 0.323 e. The molecule has 10 heteroatoms. The van der Waals surface area contributed by atoms with Crippen LogP contribution in [0.5, 0.6) is 11.8 Å². The molecule has 30 heavy (non-hydrogen) atoms. The molecule has 0 radical (unpaired) electrons. The van der Waals surface area contributed by atoms with Gasteiger partial charge in [0.25, 0.3) is 0 Å². The third kappa shape index (κ3) is 9.21. The third-order valence-corrected chi connectivity index (χ3v) is 3.73. The molecule has 2 aromatic rings. The van der Waals surface area contributed by atoms with Crippen molar-refractivity contribution in [1.82, 2.24) is 15.0 Å². The smallest absolute Gasteiger partial charge is 0.323 e. The summed E-state index contributed by atoms with van der Waals surface area (Å²) < 4.78 is 21.6. The van der Waals surface area contributed by atoms with Crippen LogP contribution in [0.15, 0.2) is 24.3 Å². The Labute approximate surface area is 177 Å². The van der Waals surface area contributed by atoms with E-state index in [-0.39, 0.29) is 12.1 Å². The SMILES string of the molecule is COc1ccc(CNc2nc(NCCOCCOCCN)nc(OC(C)C)n2)cc1. The predicted molar refractivity (Wildman–Crippen MR) is 115 cm³/mol. The lowest BCUT2D eigenvalue weighted by Gasteiger charge is -2.12. The molecular formula is C20H32N6O4. The number of hydrogen-bond donors (Lipinski definition) is 3. The largest absolute Gasteiger partial charge is 0.497 e. The minimum absolute atomic E-state index is 0.0495. The van der Waals surface area contributed by atoms with E-state index in [0.29, 0.717) is 58.0 Å². The molecule has 0 fully saturated rings. The highest BCUT2D eigenvalue weighted by Gasteiger charge is 2.09. The number of hydrogen-bond acceptors (Lipinski definition) is 10. The fourth-order valence-electron chi connectivity index (χ4n) is 2.34. The number of aromatic nitrogens is 3. The van der Waals surface area contributed by atoms with Gasteiger partial charge in [0.05, 0.1) is 39.6 Å². The Bertz CT molecular complexity index is 730. The summed E-state index contributed by atoms with van der Waals surface area (Å²) in [6.07, 6.45) is -0.0495. The van der Waals surface area contributed by atoms with Crippen molar-refractivity contribution in [3.05, 3.63) is 29.8 Å². The van der Waals surface area contributed by atoms with Gasteiger partial charge < -0.3 is 35.3 Å². The summed E-state index contributed by atoms with van der Waals surface area (Å²) in [5.74, 6) is 1.65. The second-order valence-electron chi connectivity index (χ2n) is 6.57. The van der Waals surface area contributed by atoms with E-state index in [9.17, 15) is 0 Å². The van der Waals surface area contributed by atoms with Gasteiger partial charge in [-0.05, 0) is 31.5 Å². The van der Waals surface area contributed by atoms with E-state index in [1.54, 1.807) is 7.11 Å². The van der Waals surface area contributed by atoms with Gasteiger partial charge in [-0.25, -0.2) is 0 Å². The number of nitrogens with two attached hydrogens (primary N) is 1. The number of anilines is 2. The van der Waals surface area contributed by atoms with E-state index in [2.05, 4.69) is 25.6 Å². The van der Waals surface area contributed by atoms with Crippen molar-refractivity contribution in [3.63, 3.8) is 0 Å². The lowest BCUT2D eigenvalue weighted by atomic mass is 10.2. The van der Waals surface area contributed by atoms with Crippen molar-refractivity contribution >= 4 is 11.9 Å². The van der Waals surface area contributed by atoms with Gasteiger partial charge in [-0.1, -0.05) is 12.1 Å². The Morgan fingerprint density at radius 1 is 0.900 bits per heavy atom. The van der Waals surface area contributed by atoms with Crippen LogP contribution in [0.1, 0.15) is 19.4 Å². The van der Waals surface area contributed by atoms with Gasteiger partial charge in [0, 0.05) is 19.6 Å². The van der Waals surface area contributed by atoms with Crippen molar-refractivity contribution in [2.75, 3.05) is 57.3 Å². The van der Waals surface area contributed by atoms with Gasteiger partial charge >= 0.3 is 6.01 Å². The van der Waals surface area contributed by atoms with Crippen LogP contribution in [0.2, 0.25) is 0 Å². The van der Waals surface area contributed by atoms with Gasteiger partial charge in [-0.2, -0.15) is 15.0 Å². The Balaban J connectivity index is 1.88. The van der Waals surface area contributed by atoms with Crippen LogP contribution in [0.3, 0.4) is 0 Å². The first-order valence-electron chi connectivity index (χ1n) is 9.99. The number of ether oxygens (including phenoxy) is 4. The van der Waals surface area contributed by atoms with Crippen LogP contribution in [-0.2, 0) is 16.0 Å². The molecule has 0 aliphatic rings. The van der Waals surface area contributed by atoms with Gasteiger partial charge in [-0.15, -0.1) is 0 Å². The number of nitrogens with one attached hydrogen (secondary N) is 2. The average molecular weight is 421 g/mol. The fourth-order valence-corrected chi connectivity index (χ4v) is 2.34. The summed E-state index contributed by atoms with van der Waals surface area (Å²) in [6, 6.07) is 8.03. The van der Waals surface area contributed by atoms with Crippen molar-refractivity contribution < 1.29 is 18.9 Å². The minimum Gasteiger partial charge on any atom is -0.497 e. The molecule has 1 heterocycles. The zero-order chi connectivity index (χ0) is 21.6. The molecule has 0 aliphatic heterocycles. The van der Waals surface area contributed by atoms with Gasteiger partial charge in [-0.3, -0.25) is 0 Å². The Morgan fingerprint density at radius 2 is 1.57 bits per heavy atom. The van der Waals surface area contributed by atoms with E-state index in [4.69, 9.17) is 24.7 Å². The summed E-state index contributed by atoms with van der Waals surface area (Å²) in [5.41, 5.74) is 6.43. The second-order valence-corrected chi connectivity index (χ2v) is 6.57. The second kappa shape index (κ2) is 13.5. The molecule has 166 valence electrons. The molecule has 0 spiro atoms. The Kier molecular flexibility index (Phi) is 10.6. The molecule has 1 aromatic carbocycles. The number of benzene rings is 1. The first kappa shape index (κ1) is 23.6. The van der Waals surface area contributed by atoms with Crippen LogP contribution in [0.4, 0.5) is 11.9 Å². The third-order valence-electron chi connectivity index (χ3n) is 3.73. The van der Waals surface area contributed by atoms with Gasteiger partial charge in [0.15, 0.2) is 0 Å². The van der Waals surface area contributed by atoms with Crippen LogP contribution >= 0.6 is 0 Å². The molecule has 0 saturated heterocycles. The molecular weight excluding hydrogens is 388 g/mol. The Hall–Kier alpha value is -2.69. The zero-order valence-corrected chi connectivity index (χ0v) is 17.9. The number of nitrogens with zero attached hydrogens (tertiary/aromatic N) is 3. The summed E-state index contributed by atoms with van der Waals surface area (Å²) in [5, 5.41) is 6.33. The summed E-state index contributed by atoms with van der Waals surface area (Å²) in [7, 11) is 1.64. The van der Waals surface area contributed by atoms with Gasteiger partial charge in [0.2, 0.25) is 11.9 Å². The maximum atomic E-state index is 5.64. The first-order chi connectivity index (χ1) is 14.6. The summed E-state index contributed by atoms with van der Waals surface area (Å²) in [6.45, 7) is 7.51. The van der Waals surface area contributed by atoms with E-state index < -0.39 is 0 Å². The highest BCUT2D eigenvalue weighted by Crippen LogP contribution is 2.15. The van der Waals surface area contributed by atoms with E-state index in [0.717, 1.165) is 11.3 Å². The first-order valence-corrected chi connectivity index (χ1v) is 9.99. The molecule has 0 aliphatic carbocycles. The lowest BCUT2D eigenvalue weighted by molar-refractivity contribution is 0.0547. The quantitative estimate of drug-likeness (QED) is 0.366. The monoisotopic (exact) mass is 420 g/mol. The van der Waals surface area contributed by atoms with Crippen molar-refractivity contribution in [2.24, 2.45) is 5.73 Å². The zero-order valence-electron chi connectivity index (χ0n) is 17.9. The molecule has 10 nitrogen and oxygen atoms in total. The average Bonchev–Trinajstić information content (AvgIpc) is 2.74. The van der Waals surface area contributed by atoms with Crippen molar-refractivity contribution in [2.45, 2.75) is 26.5 Å². The predicted octanol–water partition coefficient (Wildman–Crippen LogP) is 1.68. The number of methoxy groups -OCH3 is 1. The molecule has 0 amide bonds. The van der Waals surface area contributed by atoms with E-state index in [1.165, 1.54) is 0 Å². The highest BCUT2D eigenvalue weighted by atomic mass is 16.5. The molecule has 0 unspecified atom stereocenters. The Morgan fingerprint density at radius 3 is 2.20 bits per heavy atom. The normalized spacial score (nSPS) is 10.8. The summed E-state index contributed by atoms with van der Waals surface area (Å²) >= 11 is 0. The molecule has 0 bridgehead atoms. The molecule has 1 aromatic heterocycles. The molecule has 2 rings (SSSR count). The molecule has 0 saturated carbocycles. The topological polar surface area (TPSA) is 126 Å². The van der Waals surface area contributed by atoms with Crippen molar-refractivity contribution in [1.29, 1.82) is 0 Å². The van der Waals surface area contributed by atoms with Crippen molar-refractivity contribution in [3.8, 4) is 11.8 Å². The minimum atomic E-state index is -0.0495. The van der Waals surface area contributed by atoms with Gasteiger partial charge in [0.1, 0.15) is 5.75 Å². The fraction of sp³-hybridized carbons (Fsp3) is 0.550. The number of rotatable bonds is 15. The van der Waals surface area contributed by atoms with Crippen LogP contribution in [0, 0.1) is 0 Å². The molecule has 4 N–H and O–H groups in total. The standard InChI is InChI=1S/C20H32N6O4/c1-15(2)30-20-25-18(22-9-11-29-13-12-28-10-8-21)24-19(26-20)23-14-16-4-6-17(27-3)7-5-16/h4-7,15H,8-14,21H2,1-3H3,(H2,22,23,24,25,26). The van der Waals surface area contributed by atoms with E-state index in [1.807, 2.05) is 38.1 Å².